The van der Waals surface area contributed by atoms with Gasteiger partial charge >= 0.3 is 0 Å². The van der Waals surface area contributed by atoms with Crippen LogP contribution >= 0.6 is 0 Å². The van der Waals surface area contributed by atoms with Gasteiger partial charge in [0.2, 0.25) is 0 Å². The molecule has 0 radical (unpaired) electrons. The van der Waals surface area contributed by atoms with Crippen LogP contribution in [0.25, 0.3) is 22.6 Å². The van der Waals surface area contributed by atoms with E-state index < -0.39 is 0 Å². The lowest BCUT2D eigenvalue weighted by Crippen LogP contribution is -2.05. The van der Waals surface area contributed by atoms with Crippen LogP contribution in [0.4, 0.5) is 0 Å². The number of benzene rings is 1. The second-order valence-electron chi connectivity index (χ2n) is 5.67. The Labute approximate surface area is 136 Å². The Morgan fingerprint density at radius 1 is 1.22 bits per heavy atom. The summed E-state index contributed by atoms with van der Waals surface area (Å²) in [6.07, 6.45) is 3.89. The summed E-state index contributed by atoms with van der Waals surface area (Å²) in [6.45, 7) is 3.59. The van der Waals surface area contributed by atoms with Crippen molar-refractivity contribution in [2.24, 2.45) is 5.73 Å². The zero-order valence-corrected chi connectivity index (χ0v) is 13.6. The molecule has 2 heterocycles. The normalized spacial score (nSPS) is 11.1. The monoisotopic (exact) mass is 310 g/mol. The first-order valence-corrected chi connectivity index (χ1v) is 7.90. The summed E-state index contributed by atoms with van der Waals surface area (Å²) in [5.41, 5.74) is 9.63. The van der Waals surface area contributed by atoms with Gasteiger partial charge in [-0.15, -0.1) is 0 Å². The molecule has 0 bridgehead atoms. The number of hydrogen-bond donors (Lipinski definition) is 1. The fourth-order valence-electron chi connectivity index (χ4n) is 2.72. The van der Waals surface area contributed by atoms with Crippen LogP contribution in [0.15, 0.2) is 36.5 Å². The van der Waals surface area contributed by atoms with Crippen molar-refractivity contribution in [2.45, 2.75) is 26.3 Å². The van der Waals surface area contributed by atoms with Crippen LogP contribution in [0.3, 0.4) is 0 Å². The largest absolute Gasteiger partial charge is 0.497 e. The molecule has 0 unspecified atom stereocenters. The van der Waals surface area contributed by atoms with Crippen LogP contribution in [0.1, 0.15) is 18.4 Å². The van der Waals surface area contributed by atoms with E-state index in [1.54, 1.807) is 7.11 Å². The van der Waals surface area contributed by atoms with E-state index in [0.717, 1.165) is 53.3 Å². The van der Waals surface area contributed by atoms with E-state index in [1.807, 2.05) is 31.3 Å². The first-order chi connectivity index (χ1) is 11.2. The Morgan fingerprint density at radius 2 is 2.09 bits per heavy atom. The number of imidazole rings is 1. The van der Waals surface area contributed by atoms with E-state index >= 15 is 0 Å². The van der Waals surface area contributed by atoms with Crippen LogP contribution in [0, 0.1) is 6.92 Å². The number of ether oxygens (including phenoxy) is 1. The van der Waals surface area contributed by atoms with Gasteiger partial charge in [-0.3, -0.25) is 0 Å². The van der Waals surface area contributed by atoms with Crippen LogP contribution in [0.2, 0.25) is 0 Å². The molecule has 0 aliphatic carbocycles. The molecule has 0 spiro atoms. The molecule has 2 aromatic heterocycles. The van der Waals surface area contributed by atoms with Gasteiger partial charge in [0, 0.05) is 18.3 Å². The average molecular weight is 310 g/mol. The third kappa shape index (κ3) is 3.19. The summed E-state index contributed by atoms with van der Waals surface area (Å²) in [4.78, 5) is 9.40. The highest BCUT2D eigenvalue weighted by Gasteiger charge is 2.14. The quantitative estimate of drug-likeness (QED) is 0.710. The van der Waals surface area contributed by atoms with Crippen LogP contribution in [-0.4, -0.2) is 28.2 Å². The standard InChI is InChI=1S/C18H22N4O/c1-13-10-16-18(20-12-13)22(9-4-3-8-19)17(21-16)14-6-5-7-15(11-14)23-2/h5-7,10-12H,3-4,8-9,19H2,1-2H3. The second-order valence-corrected chi connectivity index (χ2v) is 5.67. The number of nitrogens with two attached hydrogens (primary N) is 1. The van der Waals surface area contributed by atoms with E-state index in [1.165, 1.54) is 0 Å². The molecule has 0 saturated heterocycles. The average Bonchev–Trinajstić information content (AvgIpc) is 2.93. The highest BCUT2D eigenvalue weighted by Crippen LogP contribution is 2.27. The Hall–Kier alpha value is -2.40. The summed E-state index contributed by atoms with van der Waals surface area (Å²) >= 11 is 0. The smallest absolute Gasteiger partial charge is 0.160 e. The first kappa shape index (κ1) is 15.5. The zero-order chi connectivity index (χ0) is 16.2. The number of fused-ring (bicyclic) bond motifs is 1. The third-order valence-electron chi connectivity index (χ3n) is 3.89. The molecule has 5 heteroatoms. The Balaban J connectivity index is 2.11. The van der Waals surface area contributed by atoms with Crippen molar-refractivity contribution in [1.82, 2.24) is 14.5 Å². The Morgan fingerprint density at radius 3 is 2.87 bits per heavy atom. The molecule has 0 saturated carbocycles. The van der Waals surface area contributed by atoms with Gasteiger partial charge in [0.1, 0.15) is 17.1 Å². The molecule has 3 rings (SSSR count). The first-order valence-electron chi connectivity index (χ1n) is 7.90. The molecule has 0 amide bonds. The minimum absolute atomic E-state index is 0.702. The number of pyridine rings is 1. The van der Waals surface area contributed by atoms with Crippen molar-refractivity contribution in [3.8, 4) is 17.1 Å². The van der Waals surface area contributed by atoms with Crippen molar-refractivity contribution in [1.29, 1.82) is 0 Å². The predicted octanol–water partition coefficient (Wildman–Crippen LogP) is 3.15. The van der Waals surface area contributed by atoms with Gasteiger partial charge in [-0.2, -0.15) is 0 Å². The molecule has 0 atom stereocenters. The van der Waals surface area contributed by atoms with Crippen molar-refractivity contribution >= 4 is 11.2 Å². The lowest BCUT2D eigenvalue weighted by molar-refractivity contribution is 0.415. The lowest BCUT2D eigenvalue weighted by atomic mass is 10.2. The van der Waals surface area contributed by atoms with Gasteiger partial charge < -0.3 is 15.0 Å². The van der Waals surface area contributed by atoms with Crippen molar-refractivity contribution in [3.05, 3.63) is 42.1 Å². The topological polar surface area (TPSA) is 66.0 Å². The molecule has 3 aromatic rings. The van der Waals surface area contributed by atoms with E-state index in [9.17, 15) is 0 Å². The molecule has 0 aliphatic rings. The van der Waals surface area contributed by atoms with Crippen LogP contribution < -0.4 is 10.5 Å². The van der Waals surface area contributed by atoms with E-state index in [0.29, 0.717) is 6.54 Å². The molecular formula is C18H22N4O. The Kier molecular flexibility index (Phi) is 4.57. The van der Waals surface area contributed by atoms with Gasteiger partial charge in [-0.25, -0.2) is 9.97 Å². The molecule has 5 nitrogen and oxygen atoms in total. The number of aromatic nitrogens is 3. The fraction of sp³-hybridized carbons (Fsp3) is 0.333. The van der Waals surface area contributed by atoms with E-state index in [-0.39, 0.29) is 0 Å². The van der Waals surface area contributed by atoms with Gasteiger partial charge in [0.05, 0.1) is 7.11 Å². The lowest BCUT2D eigenvalue weighted by Gasteiger charge is -2.09. The molecule has 0 aliphatic heterocycles. The van der Waals surface area contributed by atoms with Gasteiger partial charge in [-0.05, 0) is 50.1 Å². The molecule has 23 heavy (non-hydrogen) atoms. The number of hydrogen-bond acceptors (Lipinski definition) is 4. The number of nitrogens with zero attached hydrogens (tertiary/aromatic N) is 3. The minimum atomic E-state index is 0.702. The van der Waals surface area contributed by atoms with Crippen molar-refractivity contribution < 1.29 is 4.74 Å². The van der Waals surface area contributed by atoms with Gasteiger partial charge in [0.25, 0.3) is 0 Å². The predicted molar refractivity (Wildman–Crippen MR) is 92.5 cm³/mol. The maximum Gasteiger partial charge on any atom is 0.160 e. The minimum Gasteiger partial charge on any atom is -0.497 e. The zero-order valence-electron chi connectivity index (χ0n) is 13.6. The van der Waals surface area contributed by atoms with Crippen LogP contribution in [0.5, 0.6) is 5.75 Å². The van der Waals surface area contributed by atoms with Crippen molar-refractivity contribution in [2.75, 3.05) is 13.7 Å². The maximum absolute atomic E-state index is 5.63. The van der Waals surface area contributed by atoms with Gasteiger partial charge in [-0.1, -0.05) is 12.1 Å². The molecule has 0 fully saturated rings. The highest BCUT2D eigenvalue weighted by atomic mass is 16.5. The van der Waals surface area contributed by atoms with E-state index in [2.05, 4.69) is 21.7 Å². The third-order valence-corrected chi connectivity index (χ3v) is 3.89. The summed E-state index contributed by atoms with van der Waals surface area (Å²) in [6, 6.07) is 10.1. The summed E-state index contributed by atoms with van der Waals surface area (Å²) < 4.78 is 7.52. The summed E-state index contributed by atoms with van der Waals surface area (Å²) in [5.74, 6) is 1.75. The number of aryl methyl sites for hydroxylation is 2. The van der Waals surface area contributed by atoms with Gasteiger partial charge in [0.15, 0.2) is 5.65 Å². The Bertz CT molecular complexity index is 810. The highest BCUT2D eigenvalue weighted by molar-refractivity contribution is 5.78. The molecule has 120 valence electrons. The van der Waals surface area contributed by atoms with Crippen LogP contribution in [-0.2, 0) is 6.54 Å². The summed E-state index contributed by atoms with van der Waals surface area (Å²) in [7, 11) is 1.67. The molecule has 1 aromatic carbocycles. The number of methoxy groups -OCH3 is 1. The second kappa shape index (κ2) is 6.79. The molecule has 2 N–H and O–H groups in total. The van der Waals surface area contributed by atoms with E-state index in [4.69, 9.17) is 15.5 Å². The summed E-state index contributed by atoms with van der Waals surface area (Å²) in [5, 5.41) is 0. The molecular weight excluding hydrogens is 288 g/mol. The number of unbranched alkanes of at least 4 members (excludes halogenated alkanes) is 1. The number of rotatable bonds is 6. The maximum atomic E-state index is 5.63. The fourth-order valence-corrected chi connectivity index (χ4v) is 2.72. The van der Waals surface area contributed by atoms with Crippen molar-refractivity contribution in [3.63, 3.8) is 0 Å². The SMILES string of the molecule is COc1cccc(-c2nc3cc(C)cnc3n2CCCCN)c1.